The van der Waals surface area contributed by atoms with Gasteiger partial charge in [0.2, 0.25) is 0 Å². The quantitative estimate of drug-likeness (QED) is 0.843. The highest BCUT2D eigenvalue weighted by molar-refractivity contribution is 5.85. The SMILES string of the molecule is C=C[C@@H](c1ccccc1C(F)(F)F)N1CCNCC1.Cl.Cl. The molecule has 0 unspecified atom stereocenters. The summed E-state index contributed by atoms with van der Waals surface area (Å²) >= 11 is 0. The molecule has 0 aromatic heterocycles. The molecule has 0 aliphatic carbocycles. The predicted molar refractivity (Wildman–Crippen MR) is 83.3 cm³/mol. The van der Waals surface area contributed by atoms with Crippen molar-refractivity contribution in [3.8, 4) is 0 Å². The van der Waals surface area contributed by atoms with Gasteiger partial charge in [-0.05, 0) is 11.6 Å². The van der Waals surface area contributed by atoms with Gasteiger partial charge in [0, 0.05) is 26.2 Å². The van der Waals surface area contributed by atoms with Gasteiger partial charge in [0.15, 0.2) is 0 Å². The number of piperazine rings is 1. The summed E-state index contributed by atoms with van der Waals surface area (Å²) in [6, 6.07) is 5.35. The highest BCUT2D eigenvalue weighted by atomic mass is 35.5. The number of alkyl halides is 3. The molecule has 1 aliphatic heterocycles. The van der Waals surface area contributed by atoms with Crippen molar-refractivity contribution in [3.05, 3.63) is 48.0 Å². The topological polar surface area (TPSA) is 15.3 Å². The fourth-order valence-electron chi connectivity index (χ4n) is 2.45. The van der Waals surface area contributed by atoms with E-state index in [2.05, 4.69) is 11.9 Å². The molecule has 1 saturated heterocycles. The van der Waals surface area contributed by atoms with E-state index < -0.39 is 11.7 Å². The Labute approximate surface area is 135 Å². The third-order valence-electron chi connectivity index (χ3n) is 3.35. The van der Waals surface area contributed by atoms with E-state index in [0.717, 1.165) is 32.2 Å². The first-order valence-corrected chi connectivity index (χ1v) is 6.27. The van der Waals surface area contributed by atoms with Gasteiger partial charge in [-0.25, -0.2) is 0 Å². The minimum Gasteiger partial charge on any atom is -0.314 e. The number of rotatable bonds is 3. The summed E-state index contributed by atoms with van der Waals surface area (Å²) in [7, 11) is 0. The van der Waals surface area contributed by atoms with Crippen molar-refractivity contribution in [2.24, 2.45) is 0 Å². The minimum atomic E-state index is -4.33. The summed E-state index contributed by atoms with van der Waals surface area (Å²) in [4.78, 5) is 2.02. The third kappa shape index (κ3) is 4.88. The van der Waals surface area contributed by atoms with Crippen LogP contribution in [0.15, 0.2) is 36.9 Å². The molecule has 2 nitrogen and oxygen atoms in total. The van der Waals surface area contributed by atoms with Gasteiger partial charge in [-0.15, -0.1) is 31.4 Å². The summed E-state index contributed by atoms with van der Waals surface area (Å²) in [5.41, 5.74) is -0.287. The van der Waals surface area contributed by atoms with Gasteiger partial charge in [0.1, 0.15) is 0 Å². The highest BCUT2D eigenvalue weighted by Crippen LogP contribution is 2.36. The molecule has 1 heterocycles. The number of nitrogens with zero attached hydrogens (tertiary/aromatic N) is 1. The molecule has 1 aromatic carbocycles. The molecule has 0 saturated carbocycles. The lowest BCUT2D eigenvalue weighted by Gasteiger charge is -2.34. The molecule has 0 bridgehead atoms. The van der Waals surface area contributed by atoms with Crippen molar-refractivity contribution in [2.45, 2.75) is 12.2 Å². The Balaban J connectivity index is 0.00000200. The van der Waals surface area contributed by atoms with Gasteiger partial charge in [-0.2, -0.15) is 13.2 Å². The van der Waals surface area contributed by atoms with E-state index in [1.165, 1.54) is 12.1 Å². The Morgan fingerprint density at radius 2 is 1.71 bits per heavy atom. The third-order valence-corrected chi connectivity index (χ3v) is 3.35. The van der Waals surface area contributed by atoms with Crippen molar-refractivity contribution in [1.29, 1.82) is 0 Å². The minimum absolute atomic E-state index is 0. The first kappa shape index (κ1) is 20.2. The molecule has 0 spiro atoms. The maximum atomic E-state index is 13.0. The molecular weight excluding hydrogens is 324 g/mol. The van der Waals surface area contributed by atoms with Crippen LogP contribution in [0, 0.1) is 0 Å². The molecule has 120 valence electrons. The molecule has 1 aromatic rings. The number of nitrogens with one attached hydrogen (secondary N) is 1. The predicted octanol–water partition coefficient (Wildman–Crippen LogP) is 3.68. The van der Waals surface area contributed by atoms with Crippen molar-refractivity contribution in [2.75, 3.05) is 26.2 Å². The Morgan fingerprint density at radius 1 is 1.14 bits per heavy atom. The number of halogens is 5. The van der Waals surface area contributed by atoms with Gasteiger partial charge in [-0.1, -0.05) is 24.3 Å². The second-order valence-electron chi connectivity index (χ2n) is 4.55. The van der Waals surface area contributed by atoms with Crippen LogP contribution in [-0.2, 0) is 6.18 Å². The van der Waals surface area contributed by atoms with Crippen LogP contribution in [0.2, 0.25) is 0 Å². The largest absolute Gasteiger partial charge is 0.416 e. The summed E-state index contributed by atoms with van der Waals surface area (Å²) in [5, 5.41) is 3.19. The molecule has 0 amide bonds. The van der Waals surface area contributed by atoms with E-state index in [1.807, 2.05) is 4.90 Å². The van der Waals surface area contributed by atoms with Crippen LogP contribution < -0.4 is 5.32 Å². The number of hydrogen-bond donors (Lipinski definition) is 1. The standard InChI is InChI=1S/C14H17F3N2.2ClH/c1-2-13(19-9-7-18-8-10-19)11-5-3-4-6-12(11)14(15,16)17;;/h2-6,13,18H,1,7-10H2;2*1H/t13-;;/m0../s1. The smallest absolute Gasteiger partial charge is 0.314 e. The van der Waals surface area contributed by atoms with Crippen molar-refractivity contribution in [3.63, 3.8) is 0 Å². The van der Waals surface area contributed by atoms with Crippen LogP contribution in [0.25, 0.3) is 0 Å². The summed E-state index contributed by atoms with van der Waals surface area (Å²) in [6.07, 6.45) is -2.73. The second-order valence-corrected chi connectivity index (χ2v) is 4.55. The fourth-order valence-corrected chi connectivity index (χ4v) is 2.45. The average Bonchev–Trinajstić information content (AvgIpc) is 2.40. The van der Waals surface area contributed by atoms with E-state index in [1.54, 1.807) is 12.1 Å². The van der Waals surface area contributed by atoms with Gasteiger partial charge in [0.25, 0.3) is 0 Å². The van der Waals surface area contributed by atoms with Crippen LogP contribution in [0.3, 0.4) is 0 Å². The van der Waals surface area contributed by atoms with E-state index >= 15 is 0 Å². The van der Waals surface area contributed by atoms with Crippen LogP contribution >= 0.6 is 24.8 Å². The van der Waals surface area contributed by atoms with Crippen LogP contribution in [0.4, 0.5) is 13.2 Å². The van der Waals surface area contributed by atoms with Gasteiger partial charge < -0.3 is 5.32 Å². The van der Waals surface area contributed by atoms with E-state index in [-0.39, 0.29) is 36.4 Å². The molecule has 2 rings (SSSR count). The normalized spacial score (nSPS) is 17.3. The lowest BCUT2D eigenvalue weighted by atomic mass is 9.98. The lowest BCUT2D eigenvalue weighted by Crippen LogP contribution is -2.45. The molecule has 1 fully saturated rings. The van der Waals surface area contributed by atoms with Crippen molar-refractivity contribution >= 4 is 24.8 Å². The van der Waals surface area contributed by atoms with Crippen LogP contribution in [0.1, 0.15) is 17.2 Å². The van der Waals surface area contributed by atoms with E-state index in [9.17, 15) is 13.2 Å². The monoisotopic (exact) mass is 342 g/mol. The second kappa shape index (κ2) is 8.63. The molecule has 1 aliphatic rings. The summed E-state index contributed by atoms with van der Waals surface area (Å²) in [6.45, 7) is 6.74. The Morgan fingerprint density at radius 3 is 2.24 bits per heavy atom. The van der Waals surface area contributed by atoms with E-state index in [4.69, 9.17) is 0 Å². The number of hydrogen-bond acceptors (Lipinski definition) is 2. The van der Waals surface area contributed by atoms with E-state index in [0.29, 0.717) is 0 Å². The fraction of sp³-hybridized carbons (Fsp3) is 0.429. The maximum Gasteiger partial charge on any atom is 0.416 e. The molecule has 1 atom stereocenters. The molecule has 7 heteroatoms. The number of benzene rings is 1. The lowest BCUT2D eigenvalue weighted by molar-refractivity contribution is -0.138. The summed E-state index contributed by atoms with van der Waals surface area (Å²) in [5.74, 6) is 0. The van der Waals surface area contributed by atoms with Gasteiger partial charge in [-0.3, -0.25) is 4.90 Å². The first-order valence-electron chi connectivity index (χ1n) is 6.27. The zero-order valence-corrected chi connectivity index (χ0v) is 13.0. The first-order chi connectivity index (χ1) is 9.04. The Hall–Kier alpha value is -0.750. The zero-order chi connectivity index (χ0) is 13.9. The zero-order valence-electron chi connectivity index (χ0n) is 11.4. The van der Waals surface area contributed by atoms with Gasteiger partial charge >= 0.3 is 6.18 Å². The van der Waals surface area contributed by atoms with Crippen LogP contribution in [-0.4, -0.2) is 31.1 Å². The van der Waals surface area contributed by atoms with Gasteiger partial charge in [0.05, 0.1) is 11.6 Å². The highest BCUT2D eigenvalue weighted by Gasteiger charge is 2.35. The molecule has 1 N–H and O–H groups in total. The Kier molecular flexibility index (Phi) is 8.33. The van der Waals surface area contributed by atoms with Crippen molar-refractivity contribution in [1.82, 2.24) is 10.2 Å². The average molecular weight is 343 g/mol. The van der Waals surface area contributed by atoms with Crippen LogP contribution in [0.5, 0.6) is 0 Å². The molecule has 0 radical (unpaired) electrons. The molecular formula is C14H19Cl2F3N2. The maximum absolute atomic E-state index is 13.0. The Bertz CT molecular complexity index is 446. The molecule has 21 heavy (non-hydrogen) atoms. The summed E-state index contributed by atoms with van der Waals surface area (Å²) < 4.78 is 39.1. The van der Waals surface area contributed by atoms with Crippen molar-refractivity contribution < 1.29 is 13.2 Å².